The van der Waals surface area contributed by atoms with Gasteiger partial charge in [-0.05, 0) is 83.5 Å². The Bertz CT molecular complexity index is 1200. The summed E-state index contributed by atoms with van der Waals surface area (Å²) in [5.41, 5.74) is 0. The summed E-state index contributed by atoms with van der Waals surface area (Å²) in [5, 5.41) is 23.3. The molecule has 2 unspecified atom stereocenters. The maximum Gasteiger partial charge on any atom is 0.305 e. The summed E-state index contributed by atoms with van der Waals surface area (Å²) >= 11 is 0. The Morgan fingerprint density at radius 1 is 0.378 bits per heavy atom. The van der Waals surface area contributed by atoms with Crippen molar-refractivity contribution in [2.75, 3.05) is 13.2 Å². The van der Waals surface area contributed by atoms with Crippen molar-refractivity contribution in [2.24, 2.45) is 0 Å². The molecule has 2 atom stereocenters. The third-order valence-corrected chi connectivity index (χ3v) is 15.4. The topological polar surface area (TPSA) is 95.9 Å². The summed E-state index contributed by atoms with van der Waals surface area (Å²) in [6.45, 7) is 4.95. The van der Waals surface area contributed by atoms with Gasteiger partial charge in [0.2, 0.25) is 5.91 Å². The maximum atomic E-state index is 12.5. The van der Waals surface area contributed by atoms with E-state index in [1.807, 2.05) is 0 Å². The first-order chi connectivity index (χ1) is 36.5. The number of allylic oxidation sites excluding steroid dienone is 6. The van der Waals surface area contributed by atoms with Gasteiger partial charge in [-0.25, -0.2) is 0 Å². The molecule has 0 fully saturated rings. The van der Waals surface area contributed by atoms with E-state index < -0.39 is 12.1 Å². The van der Waals surface area contributed by atoms with Gasteiger partial charge in [0.15, 0.2) is 0 Å². The predicted molar refractivity (Wildman–Crippen MR) is 324 cm³/mol. The van der Waals surface area contributed by atoms with Crippen LogP contribution in [0, 0.1) is 0 Å². The van der Waals surface area contributed by atoms with Gasteiger partial charge in [0.05, 0.1) is 25.4 Å². The predicted octanol–water partition coefficient (Wildman–Crippen LogP) is 21.1. The zero-order chi connectivity index (χ0) is 53.6. The molecule has 0 aliphatic carbocycles. The minimum atomic E-state index is -0.665. The minimum Gasteiger partial charge on any atom is -0.466 e. The molecule has 0 spiro atoms. The lowest BCUT2D eigenvalue weighted by atomic mass is 10.0. The number of hydrogen-bond acceptors (Lipinski definition) is 5. The molecule has 0 radical (unpaired) electrons. The summed E-state index contributed by atoms with van der Waals surface area (Å²) in [6, 6.07) is -0.542. The molecular weight excluding hydrogens is 911 g/mol. The number of carbonyl (C=O) groups excluding carboxylic acids is 2. The van der Waals surface area contributed by atoms with Crippen molar-refractivity contribution in [1.82, 2.24) is 5.32 Å². The average molecular weight is 1040 g/mol. The molecule has 0 aromatic carbocycles. The molecule has 0 aliphatic heterocycles. The second-order valence-electron chi connectivity index (χ2n) is 22.8. The lowest BCUT2D eigenvalue weighted by Crippen LogP contribution is -2.45. The highest BCUT2D eigenvalue weighted by molar-refractivity contribution is 5.76. The standard InChI is InChI=1S/C68H129NO5/c1-3-5-7-9-11-13-15-17-33-37-40-44-48-52-56-60-66(71)65(64-70)69-67(72)61-57-53-49-45-41-38-34-31-29-27-25-23-21-19-18-20-22-24-26-28-30-32-35-39-43-47-51-55-59-63-74-68(73)62-58-54-50-46-42-36-16-14-12-10-8-6-4-2/h14,16,18,20,24,26,65-66,70-71H,3-13,15,17,19,21-23,25,27-64H2,1-2H3,(H,69,72)/b16-14-,20-18-,26-24-. The number of amides is 1. The van der Waals surface area contributed by atoms with E-state index in [1.165, 1.54) is 276 Å². The van der Waals surface area contributed by atoms with Gasteiger partial charge in [-0.2, -0.15) is 0 Å². The fraction of sp³-hybridized carbons (Fsp3) is 0.882. The zero-order valence-corrected chi connectivity index (χ0v) is 49.8. The molecule has 0 aromatic rings. The molecular formula is C68H129NO5. The first kappa shape index (κ1) is 72.1. The van der Waals surface area contributed by atoms with Crippen molar-refractivity contribution < 1.29 is 24.5 Å². The maximum absolute atomic E-state index is 12.5. The molecule has 436 valence electrons. The first-order valence-corrected chi connectivity index (χ1v) is 33.2. The SMILES string of the molecule is CCCCCC/C=C\CCCCCCCC(=O)OCCCCCCCCCCC/C=C\C/C=C\CCCCCCCCCCCCCCCC(=O)NC(CO)C(O)CCCCCCCCCCCCCCCCC. The van der Waals surface area contributed by atoms with E-state index >= 15 is 0 Å². The van der Waals surface area contributed by atoms with Crippen molar-refractivity contribution in [3.63, 3.8) is 0 Å². The van der Waals surface area contributed by atoms with E-state index in [1.54, 1.807) is 0 Å². The summed E-state index contributed by atoms with van der Waals surface area (Å²) in [5.74, 6) is -0.0311. The molecule has 0 aromatic heterocycles. The Labute approximate surface area is 462 Å². The lowest BCUT2D eigenvalue weighted by molar-refractivity contribution is -0.143. The molecule has 3 N–H and O–H groups in total. The normalized spacial score (nSPS) is 12.8. The number of carbonyl (C=O) groups is 2. The second kappa shape index (κ2) is 63.6. The molecule has 0 bridgehead atoms. The zero-order valence-electron chi connectivity index (χ0n) is 49.8. The van der Waals surface area contributed by atoms with Gasteiger partial charge >= 0.3 is 5.97 Å². The monoisotopic (exact) mass is 1040 g/mol. The van der Waals surface area contributed by atoms with E-state index in [-0.39, 0.29) is 18.5 Å². The molecule has 74 heavy (non-hydrogen) atoms. The summed E-state index contributed by atoms with van der Waals surface area (Å²) in [6.07, 6.45) is 80.3. The molecule has 0 saturated heterocycles. The molecule has 1 amide bonds. The van der Waals surface area contributed by atoms with Crippen molar-refractivity contribution in [1.29, 1.82) is 0 Å². The smallest absolute Gasteiger partial charge is 0.305 e. The molecule has 0 aliphatic rings. The van der Waals surface area contributed by atoms with Crippen molar-refractivity contribution in [3.05, 3.63) is 36.5 Å². The first-order valence-electron chi connectivity index (χ1n) is 33.2. The molecule has 0 saturated carbocycles. The van der Waals surface area contributed by atoms with Gasteiger partial charge in [0, 0.05) is 12.8 Å². The van der Waals surface area contributed by atoms with Gasteiger partial charge in [-0.3, -0.25) is 9.59 Å². The third kappa shape index (κ3) is 59.3. The van der Waals surface area contributed by atoms with Crippen LogP contribution in [0.3, 0.4) is 0 Å². The number of esters is 1. The van der Waals surface area contributed by atoms with Crippen molar-refractivity contribution >= 4 is 11.9 Å². The second-order valence-corrected chi connectivity index (χ2v) is 22.8. The van der Waals surface area contributed by atoms with Crippen molar-refractivity contribution in [2.45, 2.75) is 373 Å². The van der Waals surface area contributed by atoms with Gasteiger partial charge < -0.3 is 20.3 Å². The van der Waals surface area contributed by atoms with Gasteiger partial charge in [-0.1, -0.05) is 301 Å². The van der Waals surface area contributed by atoms with Crippen LogP contribution < -0.4 is 5.32 Å². The third-order valence-electron chi connectivity index (χ3n) is 15.4. The number of hydrogen-bond donors (Lipinski definition) is 3. The van der Waals surface area contributed by atoms with Crippen LogP contribution in [0.1, 0.15) is 361 Å². The fourth-order valence-corrected chi connectivity index (χ4v) is 10.3. The molecule has 6 heteroatoms. The Morgan fingerprint density at radius 3 is 1.05 bits per heavy atom. The highest BCUT2D eigenvalue weighted by atomic mass is 16.5. The number of aliphatic hydroxyl groups is 2. The Balaban J connectivity index is 3.40. The average Bonchev–Trinajstić information content (AvgIpc) is 3.40. The number of ether oxygens (including phenoxy) is 1. The van der Waals surface area contributed by atoms with Crippen LogP contribution in [0.5, 0.6) is 0 Å². The molecule has 0 rings (SSSR count). The number of aliphatic hydroxyl groups excluding tert-OH is 2. The lowest BCUT2D eigenvalue weighted by Gasteiger charge is -2.22. The van der Waals surface area contributed by atoms with Gasteiger partial charge in [0.25, 0.3) is 0 Å². The van der Waals surface area contributed by atoms with E-state index in [4.69, 9.17) is 4.74 Å². The van der Waals surface area contributed by atoms with Gasteiger partial charge in [0.1, 0.15) is 0 Å². The summed E-state index contributed by atoms with van der Waals surface area (Å²) in [7, 11) is 0. The Hall–Kier alpha value is -1.92. The van der Waals surface area contributed by atoms with Crippen molar-refractivity contribution in [3.8, 4) is 0 Å². The van der Waals surface area contributed by atoms with Crippen LogP contribution >= 0.6 is 0 Å². The van der Waals surface area contributed by atoms with Crippen LogP contribution in [0.4, 0.5) is 0 Å². The minimum absolute atomic E-state index is 0.00287. The van der Waals surface area contributed by atoms with Crippen LogP contribution in [0.25, 0.3) is 0 Å². The Kier molecular flexibility index (Phi) is 62.0. The summed E-state index contributed by atoms with van der Waals surface area (Å²) < 4.78 is 5.47. The Morgan fingerprint density at radius 2 is 0.676 bits per heavy atom. The van der Waals surface area contributed by atoms with Crippen LogP contribution in [-0.4, -0.2) is 47.4 Å². The van der Waals surface area contributed by atoms with E-state index in [0.717, 1.165) is 51.4 Å². The largest absolute Gasteiger partial charge is 0.466 e. The van der Waals surface area contributed by atoms with Gasteiger partial charge in [-0.15, -0.1) is 0 Å². The highest BCUT2D eigenvalue weighted by Gasteiger charge is 2.20. The number of unbranched alkanes of at least 4 members (excludes halogenated alkanes) is 45. The molecule has 0 heterocycles. The molecule has 6 nitrogen and oxygen atoms in total. The van der Waals surface area contributed by atoms with E-state index in [0.29, 0.717) is 25.9 Å². The number of nitrogens with one attached hydrogen (secondary N) is 1. The fourth-order valence-electron chi connectivity index (χ4n) is 10.3. The van der Waals surface area contributed by atoms with Crippen LogP contribution in [-0.2, 0) is 14.3 Å². The quantitative estimate of drug-likeness (QED) is 0.0320. The van der Waals surface area contributed by atoms with E-state index in [2.05, 4.69) is 55.6 Å². The highest BCUT2D eigenvalue weighted by Crippen LogP contribution is 2.18. The van der Waals surface area contributed by atoms with Crippen LogP contribution in [0.15, 0.2) is 36.5 Å². The number of rotatable bonds is 62. The van der Waals surface area contributed by atoms with E-state index in [9.17, 15) is 19.8 Å². The van der Waals surface area contributed by atoms with Crippen LogP contribution in [0.2, 0.25) is 0 Å². The summed E-state index contributed by atoms with van der Waals surface area (Å²) in [4.78, 5) is 24.5.